The predicted octanol–water partition coefficient (Wildman–Crippen LogP) is 0.707. The fourth-order valence-corrected chi connectivity index (χ4v) is 3.52. The second-order valence-corrected chi connectivity index (χ2v) is 6.90. The van der Waals surface area contributed by atoms with Crippen LogP contribution in [-0.4, -0.2) is 66.4 Å². The number of nitrogens with two attached hydrogens (primary N) is 1. The zero-order valence-corrected chi connectivity index (χ0v) is 14.4. The Bertz CT molecular complexity index is 388. The molecule has 1 atom stereocenters. The van der Waals surface area contributed by atoms with Crippen molar-refractivity contribution >= 4 is 11.8 Å². The molecule has 0 bridgehead atoms. The number of nitrogens with one attached hydrogen (secondary N) is 1. The van der Waals surface area contributed by atoms with Gasteiger partial charge in [0.1, 0.15) is 0 Å². The average molecular weight is 324 g/mol. The van der Waals surface area contributed by atoms with Crippen LogP contribution in [-0.2, 0) is 9.59 Å². The molecular weight excluding hydrogens is 292 g/mol. The summed E-state index contributed by atoms with van der Waals surface area (Å²) in [5, 5.41) is 3.15. The molecule has 2 fully saturated rings. The van der Waals surface area contributed by atoms with E-state index in [4.69, 9.17) is 5.73 Å². The molecule has 0 radical (unpaired) electrons. The first-order valence-corrected chi connectivity index (χ1v) is 9.16. The van der Waals surface area contributed by atoms with E-state index in [0.717, 1.165) is 38.8 Å². The number of nitrogens with zero attached hydrogens (tertiary/aromatic N) is 2. The van der Waals surface area contributed by atoms with Gasteiger partial charge < -0.3 is 16.0 Å². The molecule has 1 saturated carbocycles. The van der Waals surface area contributed by atoms with E-state index in [2.05, 4.69) is 10.2 Å². The van der Waals surface area contributed by atoms with Crippen molar-refractivity contribution in [3.05, 3.63) is 0 Å². The number of carbonyl (C=O) groups is 2. The molecule has 3 N–H and O–H groups in total. The highest BCUT2D eigenvalue weighted by atomic mass is 16.2. The smallest absolute Gasteiger partial charge is 0.239 e. The van der Waals surface area contributed by atoms with Crippen LogP contribution in [0.5, 0.6) is 0 Å². The molecule has 0 aromatic carbocycles. The number of amides is 2. The summed E-state index contributed by atoms with van der Waals surface area (Å²) in [4.78, 5) is 28.3. The highest BCUT2D eigenvalue weighted by Crippen LogP contribution is 2.17. The zero-order valence-electron chi connectivity index (χ0n) is 14.4. The minimum absolute atomic E-state index is 0.0538. The first-order chi connectivity index (χ1) is 11.1. The lowest BCUT2D eigenvalue weighted by Crippen LogP contribution is -2.54. The lowest BCUT2D eigenvalue weighted by molar-refractivity contribution is -0.134. The first-order valence-electron chi connectivity index (χ1n) is 9.16. The standard InChI is InChI=1S/C17H32N4O2/c1-2-6-15(18)17(23)21-11-9-20(10-12-21)13-16(22)19-14-7-4-3-5-8-14/h14-15H,2-13,18H2,1H3,(H,19,22). The van der Waals surface area contributed by atoms with Gasteiger partial charge in [0.15, 0.2) is 0 Å². The number of piperazine rings is 1. The summed E-state index contributed by atoms with van der Waals surface area (Å²) in [6, 6.07) is -0.00712. The van der Waals surface area contributed by atoms with Crippen LogP contribution in [0.15, 0.2) is 0 Å². The van der Waals surface area contributed by atoms with E-state index in [1.54, 1.807) is 0 Å². The van der Waals surface area contributed by atoms with Gasteiger partial charge in [-0.25, -0.2) is 0 Å². The third-order valence-corrected chi connectivity index (χ3v) is 4.94. The van der Waals surface area contributed by atoms with Gasteiger partial charge in [-0.2, -0.15) is 0 Å². The normalized spacial score (nSPS) is 21.9. The van der Waals surface area contributed by atoms with Gasteiger partial charge in [0.05, 0.1) is 12.6 Å². The molecular formula is C17H32N4O2. The maximum atomic E-state index is 12.2. The Morgan fingerprint density at radius 1 is 1.13 bits per heavy atom. The minimum atomic E-state index is -0.374. The topological polar surface area (TPSA) is 78.7 Å². The van der Waals surface area contributed by atoms with Gasteiger partial charge in [0.25, 0.3) is 0 Å². The molecule has 0 aromatic rings. The maximum Gasteiger partial charge on any atom is 0.239 e. The summed E-state index contributed by atoms with van der Waals surface area (Å²) in [7, 11) is 0. The van der Waals surface area contributed by atoms with Crippen LogP contribution in [0.4, 0.5) is 0 Å². The van der Waals surface area contributed by atoms with Crippen LogP contribution < -0.4 is 11.1 Å². The molecule has 2 amide bonds. The van der Waals surface area contributed by atoms with Gasteiger partial charge in [0, 0.05) is 32.2 Å². The molecule has 1 unspecified atom stereocenters. The van der Waals surface area contributed by atoms with E-state index >= 15 is 0 Å². The Hall–Kier alpha value is -1.14. The Kier molecular flexibility index (Phi) is 7.30. The van der Waals surface area contributed by atoms with Crippen molar-refractivity contribution < 1.29 is 9.59 Å². The molecule has 132 valence electrons. The average Bonchev–Trinajstić information content (AvgIpc) is 2.56. The Labute approximate surface area is 139 Å². The number of hydrogen-bond donors (Lipinski definition) is 2. The second kappa shape index (κ2) is 9.23. The maximum absolute atomic E-state index is 12.2. The van der Waals surface area contributed by atoms with Crippen molar-refractivity contribution in [1.82, 2.24) is 15.1 Å². The van der Waals surface area contributed by atoms with Gasteiger partial charge in [-0.1, -0.05) is 32.6 Å². The summed E-state index contributed by atoms with van der Waals surface area (Å²) < 4.78 is 0. The van der Waals surface area contributed by atoms with Gasteiger partial charge >= 0.3 is 0 Å². The third-order valence-electron chi connectivity index (χ3n) is 4.94. The van der Waals surface area contributed by atoms with Crippen molar-refractivity contribution in [1.29, 1.82) is 0 Å². The van der Waals surface area contributed by atoms with E-state index in [0.29, 0.717) is 25.7 Å². The second-order valence-electron chi connectivity index (χ2n) is 6.90. The summed E-state index contributed by atoms with van der Waals surface area (Å²) in [5.41, 5.74) is 5.91. The van der Waals surface area contributed by atoms with Crippen LogP contribution in [0.25, 0.3) is 0 Å². The van der Waals surface area contributed by atoms with Crippen molar-refractivity contribution in [3.8, 4) is 0 Å². The highest BCUT2D eigenvalue weighted by Gasteiger charge is 2.26. The van der Waals surface area contributed by atoms with Crippen molar-refractivity contribution in [2.24, 2.45) is 5.73 Å². The molecule has 1 aliphatic carbocycles. The van der Waals surface area contributed by atoms with Crippen LogP contribution in [0.3, 0.4) is 0 Å². The van der Waals surface area contributed by atoms with Gasteiger partial charge in [-0.3, -0.25) is 14.5 Å². The summed E-state index contributed by atoms with van der Waals surface area (Å²) >= 11 is 0. The Balaban J connectivity index is 1.67. The van der Waals surface area contributed by atoms with E-state index in [1.807, 2.05) is 11.8 Å². The van der Waals surface area contributed by atoms with Gasteiger partial charge in [-0.15, -0.1) is 0 Å². The number of hydrogen-bond acceptors (Lipinski definition) is 4. The lowest BCUT2D eigenvalue weighted by atomic mass is 9.95. The summed E-state index contributed by atoms with van der Waals surface area (Å²) in [5.74, 6) is 0.178. The highest BCUT2D eigenvalue weighted by molar-refractivity contribution is 5.82. The van der Waals surface area contributed by atoms with E-state index in [1.165, 1.54) is 19.3 Å². The quantitative estimate of drug-likeness (QED) is 0.754. The molecule has 6 heteroatoms. The van der Waals surface area contributed by atoms with Crippen LogP contribution >= 0.6 is 0 Å². The Morgan fingerprint density at radius 2 is 1.78 bits per heavy atom. The first kappa shape index (κ1) is 18.2. The summed E-state index contributed by atoms with van der Waals surface area (Å²) in [6.45, 7) is 5.33. The van der Waals surface area contributed by atoms with Crippen LogP contribution in [0, 0.1) is 0 Å². The van der Waals surface area contributed by atoms with Crippen molar-refractivity contribution in [2.45, 2.75) is 64.0 Å². The molecule has 23 heavy (non-hydrogen) atoms. The summed E-state index contributed by atoms with van der Waals surface area (Å²) in [6.07, 6.45) is 7.64. The Morgan fingerprint density at radius 3 is 2.39 bits per heavy atom. The fourth-order valence-electron chi connectivity index (χ4n) is 3.52. The van der Waals surface area contributed by atoms with Gasteiger partial charge in [-0.05, 0) is 19.3 Å². The molecule has 2 aliphatic rings. The van der Waals surface area contributed by atoms with Gasteiger partial charge in [0.2, 0.25) is 11.8 Å². The molecule has 0 spiro atoms. The number of carbonyl (C=O) groups excluding carboxylic acids is 2. The molecule has 0 aromatic heterocycles. The zero-order chi connectivity index (χ0) is 16.7. The molecule has 1 saturated heterocycles. The lowest BCUT2D eigenvalue weighted by Gasteiger charge is -2.35. The van der Waals surface area contributed by atoms with E-state index in [-0.39, 0.29) is 17.9 Å². The van der Waals surface area contributed by atoms with Crippen LogP contribution in [0.2, 0.25) is 0 Å². The van der Waals surface area contributed by atoms with Crippen molar-refractivity contribution in [2.75, 3.05) is 32.7 Å². The van der Waals surface area contributed by atoms with Crippen molar-refractivity contribution in [3.63, 3.8) is 0 Å². The molecule has 2 rings (SSSR count). The molecule has 1 aliphatic heterocycles. The molecule has 6 nitrogen and oxygen atoms in total. The fraction of sp³-hybridized carbons (Fsp3) is 0.882. The molecule has 1 heterocycles. The minimum Gasteiger partial charge on any atom is -0.352 e. The number of rotatable bonds is 6. The third kappa shape index (κ3) is 5.77. The van der Waals surface area contributed by atoms with Crippen LogP contribution in [0.1, 0.15) is 51.9 Å². The predicted molar refractivity (Wildman–Crippen MR) is 90.9 cm³/mol. The largest absolute Gasteiger partial charge is 0.352 e. The SMILES string of the molecule is CCCC(N)C(=O)N1CCN(CC(=O)NC2CCCCC2)CC1. The monoisotopic (exact) mass is 324 g/mol. The van der Waals surface area contributed by atoms with E-state index < -0.39 is 0 Å². The van der Waals surface area contributed by atoms with E-state index in [9.17, 15) is 9.59 Å².